The molecule has 0 fully saturated rings. The van der Waals surface area contributed by atoms with E-state index in [9.17, 15) is 22.7 Å². The number of pyridine rings is 1. The average Bonchev–Trinajstić information content (AvgIpc) is 2.64. The van der Waals surface area contributed by atoms with E-state index >= 15 is 0 Å². The van der Waals surface area contributed by atoms with Gasteiger partial charge in [0.1, 0.15) is 11.5 Å². The van der Waals surface area contributed by atoms with E-state index in [2.05, 4.69) is 9.98 Å². The van der Waals surface area contributed by atoms with Crippen LogP contribution in [0.1, 0.15) is 12.0 Å². The van der Waals surface area contributed by atoms with Crippen LogP contribution in [0.5, 0.6) is 0 Å². The number of benzene rings is 1. The highest BCUT2D eigenvalue weighted by molar-refractivity contribution is 6.04. The predicted octanol–water partition coefficient (Wildman–Crippen LogP) is 3.41. The molecule has 1 atom stereocenters. The Labute approximate surface area is 128 Å². The van der Waals surface area contributed by atoms with Crippen LogP contribution in [0.25, 0.3) is 0 Å². The smallest absolute Gasteiger partial charge is 0.363 e. The van der Waals surface area contributed by atoms with Crippen molar-refractivity contribution in [3.8, 4) is 0 Å². The van der Waals surface area contributed by atoms with Gasteiger partial charge in [-0.1, -0.05) is 12.1 Å². The van der Waals surface area contributed by atoms with Crippen molar-refractivity contribution in [2.75, 3.05) is 5.32 Å². The topological polar surface area (TPSA) is 57.5 Å². The van der Waals surface area contributed by atoms with Gasteiger partial charge in [0.2, 0.25) is 5.72 Å². The molecule has 2 heterocycles. The quantitative estimate of drug-likeness (QED) is 0.790. The van der Waals surface area contributed by atoms with E-state index in [0.29, 0.717) is 0 Å². The molecule has 1 aromatic heterocycles. The zero-order valence-electron chi connectivity index (χ0n) is 11.6. The molecule has 8 heteroatoms. The lowest BCUT2D eigenvalue weighted by molar-refractivity contribution is -0.245. The normalized spacial score (nSPS) is 21.0. The zero-order chi connectivity index (χ0) is 16.7. The number of alkyl halides is 3. The number of aromatic nitrogens is 1. The molecule has 0 spiro atoms. The molecule has 0 saturated heterocycles. The highest BCUT2D eigenvalue weighted by atomic mass is 19.4. The Morgan fingerprint density at radius 3 is 2.48 bits per heavy atom. The van der Waals surface area contributed by atoms with Gasteiger partial charge < -0.3 is 10.4 Å². The first kappa shape index (κ1) is 15.4. The van der Waals surface area contributed by atoms with E-state index in [1.54, 1.807) is 0 Å². The Hall–Kier alpha value is -2.48. The van der Waals surface area contributed by atoms with Crippen molar-refractivity contribution in [1.82, 2.24) is 4.98 Å². The van der Waals surface area contributed by atoms with Crippen molar-refractivity contribution >= 4 is 17.2 Å². The number of nitrogens with zero attached hydrogens (tertiary/aromatic N) is 2. The molecule has 1 aliphatic heterocycles. The lowest BCUT2D eigenvalue weighted by Gasteiger charge is -2.30. The molecule has 2 N–H and O–H groups in total. The van der Waals surface area contributed by atoms with Crippen LogP contribution in [0.15, 0.2) is 47.6 Å². The minimum absolute atomic E-state index is 0.0240. The first-order chi connectivity index (χ1) is 10.8. The molecular formula is C15H11F4N3O. The van der Waals surface area contributed by atoms with Gasteiger partial charge in [-0.3, -0.25) is 0 Å². The van der Waals surface area contributed by atoms with Gasteiger partial charge >= 0.3 is 6.18 Å². The number of aliphatic hydroxyl groups is 1. The largest absolute Gasteiger partial charge is 0.436 e. The summed E-state index contributed by atoms with van der Waals surface area (Å²) < 4.78 is 52.9. The Balaban J connectivity index is 2.14. The molecule has 1 aromatic carbocycles. The fraction of sp³-hybridized carbons (Fsp3) is 0.200. The fourth-order valence-corrected chi connectivity index (χ4v) is 2.23. The summed E-state index contributed by atoms with van der Waals surface area (Å²) in [7, 11) is 0. The number of halogens is 4. The highest BCUT2D eigenvalue weighted by Crippen LogP contribution is 2.39. The summed E-state index contributed by atoms with van der Waals surface area (Å²) in [5.74, 6) is -0.696. The summed E-state index contributed by atoms with van der Waals surface area (Å²) in [5.41, 5.74) is -2.80. The molecule has 23 heavy (non-hydrogen) atoms. The second-order valence-corrected chi connectivity index (χ2v) is 5.10. The standard InChI is InChI=1S/C15H11F4N3O/c16-10-5-3-9(4-6-10)12-8-14(23,15(17,18)19)22-13-11(21-12)2-1-7-20-13/h1-7,23H,8H2,(H,20,22). The lowest BCUT2D eigenvalue weighted by atomic mass is 9.99. The molecule has 0 bridgehead atoms. The third kappa shape index (κ3) is 2.89. The summed E-state index contributed by atoms with van der Waals surface area (Å²) in [6.07, 6.45) is -4.49. The number of hydrogen-bond donors (Lipinski definition) is 2. The van der Waals surface area contributed by atoms with Crippen LogP contribution in [0, 0.1) is 5.82 Å². The van der Waals surface area contributed by atoms with Gasteiger partial charge in [0.15, 0.2) is 5.82 Å². The van der Waals surface area contributed by atoms with Crippen LogP contribution in [-0.2, 0) is 0 Å². The van der Waals surface area contributed by atoms with Crippen LogP contribution in [0.2, 0.25) is 0 Å². The minimum atomic E-state index is -4.95. The zero-order valence-corrected chi connectivity index (χ0v) is 11.6. The van der Waals surface area contributed by atoms with E-state index in [4.69, 9.17) is 0 Å². The third-order valence-corrected chi connectivity index (χ3v) is 3.44. The van der Waals surface area contributed by atoms with Crippen molar-refractivity contribution in [2.24, 2.45) is 4.99 Å². The monoisotopic (exact) mass is 325 g/mol. The number of anilines is 1. The van der Waals surface area contributed by atoms with Crippen molar-refractivity contribution < 1.29 is 22.7 Å². The number of rotatable bonds is 1. The van der Waals surface area contributed by atoms with E-state index in [1.807, 2.05) is 5.32 Å². The van der Waals surface area contributed by atoms with E-state index < -0.39 is 24.1 Å². The minimum Gasteiger partial charge on any atom is -0.363 e. The molecule has 1 aliphatic rings. The van der Waals surface area contributed by atoms with Crippen LogP contribution >= 0.6 is 0 Å². The van der Waals surface area contributed by atoms with Gasteiger partial charge in [-0.2, -0.15) is 13.2 Å². The molecule has 0 amide bonds. The maximum Gasteiger partial charge on any atom is 0.436 e. The van der Waals surface area contributed by atoms with E-state index in [-0.39, 0.29) is 22.8 Å². The number of hydrogen-bond acceptors (Lipinski definition) is 4. The van der Waals surface area contributed by atoms with Gasteiger partial charge in [-0.15, -0.1) is 0 Å². The Morgan fingerprint density at radius 1 is 1.13 bits per heavy atom. The molecule has 4 nitrogen and oxygen atoms in total. The van der Waals surface area contributed by atoms with E-state index in [1.165, 1.54) is 30.5 Å². The van der Waals surface area contributed by atoms with Gasteiger partial charge in [0.05, 0.1) is 5.71 Å². The molecule has 2 aromatic rings. The summed E-state index contributed by atoms with van der Waals surface area (Å²) in [5, 5.41) is 12.1. The van der Waals surface area contributed by atoms with Crippen LogP contribution < -0.4 is 5.32 Å². The second-order valence-electron chi connectivity index (χ2n) is 5.10. The van der Waals surface area contributed by atoms with Crippen molar-refractivity contribution in [1.29, 1.82) is 0 Å². The Kier molecular flexibility index (Phi) is 3.56. The van der Waals surface area contributed by atoms with Crippen molar-refractivity contribution in [3.63, 3.8) is 0 Å². The predicted molar refractivity (Wildman–Crippen MR) is 76.1 cm³/mol. The maximum atomic E-state index is 13.3. The molecular weight excluding hydrogens is 314 g/mol. The fourth-order valence-electron chi connectivity index (χ4n) is 2.23. The van der Waals surface area contributed by atoms with Crippen molar-refractivity contribution in [2.45, 2.75) is 18.3 Å². The summed E-state index contributed by atoms with van der Waals surface area (Å²) in [4.78, 5) is 7.95. The molecule has 1 unspecified atom stereocenters. The van der Waals surface area contributed by atoms with Crippen LogP contribution in [0.3, 0.4) is 0 Å². The van der Waals surface area contributed by atoms with E-state index in [0.717, 1.165) is 12.1 Å². The van der Waals surface area contributed by atoms with Gasteiger partial charge in [0.25, 0.3) is 0 Å². The second kappa shape index (κ2) is 5.31. The molecule has 3 rings (SSSR count). The summed E-state index contributed by atoms with van der Waals surface area (Å²) in [6, 6.07) is 7.85. The number of aliphatic imine (C=N–C) groups is 1. The maximum absolute atomic E-state index is 13.3. The first-order valence-electron chi connectivity index (χ1n) is 6.64. The number of fused-ring (bicyclic) bond motifs is 1. The molecule has 0 saturated carbocycles. The van der Waals surface area contributed by atoms with Gasteiger partial charge in [-0.25, -0.2) is 14.4 Å². The first-order valence-corrected chi connectivity index (χ1v) is 6.64. The highest BCUT2D eigenvalue weighted by Gasteiger charge is 2.55. The van der Waals surface area contributed by atoms with Crippen LogP contribution in [0.4, 0.5) is 29.1 Å². The van der Waals surface area contributed by atoms with Gasteiger partial charge in [0, 0.05) is 12.6 Å². The SMILES string of the molecule is OC1(C(F)(F)F)CC(c2ccc(F)cc2)=Nc2cccnc2N1. The summed E-state index contributed by atoms with van der Waals surface area (Å²) in [6.45, 7) is 0. The Bertz CT molecular complexity index is 758. The van der Waals surface area contributed by atoms with Gasteiger partial charge in [-0.05, 0) is 29.8 Å². The Morgan fingerprint density at radius 2 is 1.83 bits per heavy atom. The average molecular weight is 325 g/mol. The third-order valence-electron chi connectivity index (χ3n) is 3.44. The molecule has 120 valence electrons. The van der Waals surface area contributed by atoms with Crippen LogP contribution in [-0.4, -0.2) is 27.7 Å². The van der Waals surface area contributed by atoms with Crippen molar-refractivity contribution in [3.05, 3.63) is 54.0 Å². The summed E-state index contributed by atoms with van der Waals surface area (Å²) >= 11 is 0. The number of nitrogens with one attached hydrogen (secondary N) is 1. The molecule has 0 radical (unpaired) electrons. The molecule has 0 aliphatic carbocycles. The lowest BCUT2D eigenvalue weighted by Crippen LogP contribution is -2.53.